The summed E-state index contributed by atoms with van der Waals surface area (Å²) in [7, 11) is 0. The number of amides is 2. The summed E-state index contributed by atoms with van der Waals surface area (Å²) >= 11 is 3.28. The van der Waals surface area contributed by atoms with E-state index in [4.69, 9.17) is 4.74 Å². The maximum Gasteiger partial charge on any atom is 0.279 e. The molecule has 2 aromatic carbocycles. The van der Waals surface area contributed by atoms with Crippen LogP contribution in [-0.4, -0.2) is 17.9 Å². The fourth-order valence-electron chi connectivity index (χ4n) is 1.76. The van der Waals surface area contributed by atoms with Gasteiger partial charge in [-0.3, -0.25) is 20.4 Å². The minimum atomic E-state index is -1.03. The number of carbonyl (C=O) groups is 2. The lowest BCUT2D eigenvalue weighted by atomic mass is 10.2. The van der Waals surface area contributed by atoms with E-state index in [1.165, 1.54) is 6.92 Å². The molecule has 0 unspecified atom stereocenters. The Morgan fingerprint density at radius 2 is 1.88 bits per heavy atom. The zero-order chi connectivity index (χ0) is 17.7. The third-order valence-electron chi connectivity index (χ3n) is 2.95. The van der Waals surface area contributed by atoms with Crippen molar-refractivity contribution in [2.75, 3.05) is 0 Å². The van der Waals surface area contributed by atoms with Crippen LogP contribution in [-0.2, 0) is 4.79 Å². The van der Waals surface area contributed by atoms with Gasteiger partial charge in [0.1, 0.15) is 17.4 Å². The smallest absolute Gasteiger partial charge is 0.279 e. The highest BCUT2D eigenvalue weighted by Crippen LogP contribution is 2.18. The Balaban J connectivity index is 1.91. The molecule has 0 heterocycles. The van der Waals surface area contributed by atoms with Crippen molar-refractivity contribution in [3.8, 4) is 5.75 Å². The summed E-state index contributed by atoms with van der Waals surface area (Å²) in [6.07, 6.45) is -0.905. The highest BCUT2D eigenvalue weighted by atomic mass is 79.9. The lowest BCUT2D eigenvalue weighted by molar-refractivity contribution is -0.128. The minimum absolute atomic E-state index is 0.391. The van der Waals surface area contributed by atoms with Gasteiger partial charge in [0.05, 0.1) is 5.56 Å². The van der Waals surface area contributed by atoms with Gasteiger partial charge in [0.15, 0.2) is 6.10 Å². The maximum absolute atomic E-state index is 13.5. The molecule has 24 heavy (non-hydrogen) atoms. The number of benzene rings is 2. The highest BCUT2D eigenvalue weighted by Gasteiger charge is 2.17. The van der Waals surface area contributed by atoms with Crippen molar-refractivity contribution >= 4 is 27.7 Å². The van der Waals surface area contributed by atoms with Gasteiger partial charge >= 0.3 is 0 Å². The van der Waals surface area contributed by atoms with Crippen molar-refractivity contribution in [3.05, 3.63) is 64.1 Å². The summed E-state index contributed by atoms with van der Waals surface area (Å²) in [5.74, 6) is -2.91. The van der Waals surface area contributed by atoms with Crippen LogP contribution in [0, 0.1) is 11.6 Å². The zero-order valence-corrected chi connectivity index (χ0v) is 14.1. The predicted octanol–water partition coefficient (Wildman–Crippen LogP) is 2.96. The van der Waals surface area contributed by atoms with E-state index in [2.05, 4.69) is 21.4 Å². The summed E-state index contributed by atoms with van der Waals surface area (Å²) in [6.45, 7) is 1.49. The topological polar surface area (TPSA) is 67.4 Å². The molecule has 0 saturated carbocycles. The van der Waals surface area contributed by atoms with Crippen molar-refractivity contribution < 1.29 is 23.1 Å². The molecule has 0 aliphatic rings. The van der Waals surface area contributed by atoms with Crippen molar-refractivity contribution in [1.82, 2.24) is 10.9 Å². The quantitative estimate of drug-likeness (QED) is 0.778. The molecule has 2 amide bonds. The number of rotatable bonds is 4. The van der Waals surface area contributed by atoms with E-state index < -0.39 is 35.1 Å². The van der Waals surface area contributed by atoms with Crippen molar-refractivity contribution in [3.63, 3.8) is 0 Å². The monoisotopic (exact) mass is 398 g/mol. The molecule has 126 valence electrons. The van der Waals surface area contributed by atoms with Gasteiger partial charge in [-0.1, -0.05) is 22.0 Å². The van der Waals surface area contributed by atoms with E-state index in [1.54, 1.807) is 24.3 Å². The lowest BCUT2D eigenvalue weighted by Crippen LogP contribution is -2.47. The third kappa shape index (κ3) is 4.76. The predicted molar refractivity (Wildman–Crippen MR) is 86.2 cm³/mol. The van der Waals surface area contributed by atoms with E-state index in [0.717, 1.165) is 16.6 Å². The molecular formula is C16H13BrF2N2O3. The van der Waals surface area contributed by atoms with Crippen molar-refractivity contribution in [2.45, 2.75) is 13.0 Å². The lowest BCUT2D eigenvalue weighted by Gasteiger charge is -2.15. The van der Waals surface area contributed by atoms with Gasteiger partial charge in [-0.05, 0) is 37.3 Å². The average Bonchev–Trinajstić information content (AvgIpc) is 2.52. The van der Waals surface area contributed by atoms with Crippen LogP contribution in [0.5, 0.6) is 5.75 Å². The number of carbonyl (C=O) groups excluding carboxylic acids is 2. The van der Waals surface area contributed by atoms with E-state index in [1.807, 2.05) is 5.43 Å². The van der Waals surface area contributed by atoms with Crippen LogP contribution in [0.15, 0.2) is 46.9 Å². The number of hydrogen-bond donors (Lipinski definition) is 2. The molecule has 8 heteroatoms. The molecule has 0 aromatic heterocycles. The maximum atomic E-state index is 13.5. The van der Waals surface area contributed by atoms with E-state index in [9.17, 15) is 18.4 Å². The number of hydrogen-bond acceptors (Lipinski definition) is 3. The first-order chi connectivity index (χ1) is 11.4. The number of nitrogens with one attached hydrogen (secondary N) is 2. The summed E-state index contributed by atoms with van der Waals surface area (Å²) in [5.41, 5.74) is 3.78. The van der Waals surface area contributed by atoms with Crippen LogP contribution in [0.2, 0.25) is 0 Å². The summed E-state index contributed by atoms with van der Waals surface area (Å²) < 4.78 is 32.5. The van der Waals surface area contributed by atoms with Crippen LogP contribution < -0.4 is 15.6 Å². The fourth-order valence-corrected chi connectivity index (χ4v) is 2.14. The van der Waals surface area contributed by atoms with E-state index in [-0.39, 0.29) is 0 Å². The van der Waals surface area contributed by atoms with Crippen LogP contribution in [0.25, 0.3) is 0 Å². The second-order valence-electron chi connectivity index (χ2n) is 4.78. The van der Waals surface area contributed by atoms with Gasteiger partial charge < -0.3 is 4.74 Å². The molecule has 0 fully saturated rings. The third-order valence-corrected chi connectivity index (χ3v) is 3.45. The Morgan fingerprint density at radius 1 is 1.12 bits per heavy atom. The second kappa shape index (κ2) is 7.87. The largest absolute Gasteiger partial charge is 0.481 e. The average molecular weight is 399 g/mol. The second-order valence-corrected chi connectivity index (χ2v) is 5.70. The van der Waals surface area contributed by atoms with Gasteiger partial charge in [0, 0.05) is 10.5 Å². The molecule has 2 rings (SSSR count). The molecule has 2 N–H and O–H groups in total. The van der Waals surface area contributed by atoms with Crippen molar-refractivity contribution in [1.29, 1.82) is 0 Å². The zero-order valence-electron chi connectivity index (χ0n) is 12.5. The standard InChI is InChI=1S/C16H13BrF2N2O3/c1-9(24-12-4-2-3-10(17)7-12)15(22)20-21-16(23)13-6-5-11(18)8-14(13)19/h2-9H,1H3,(H,20,22)(H,21,23)/t9-/m1/s1. The Labute approximate surface area is 145 Å². The normalized spacial score (nSPS) is 11.5. The minimum Gasteiger partial charge on any atom is -0.481 e. The Kier molecular flexibility index (Phi) is 5.86. The molecule has 0 radical (unpaired) electrons. The fraction of sp³-hybridized carbons (Fsp3) is 0.125. The van der Waals surface area contributed by atoms with Gasteiger partial charge in [-0.25, -0.2) is 8.78 Å². The first kappa shape index (κ1) is 17.9. The van der Waals surface area contributed by atoms with Crippen molar-refractivity contribution in [2.24, 2.45) is 0 Å². The number of hydrazine groups is 1. The Morgan fingerprint density at radius 3 is 2.54 bits per heavy atom. The first-order valence-corrected chi connectivity index (χ1v) is 7.63. The summed E-state index contributed by atoms with van der Waals surface area (Å²) in [4.78, 5) is 23.7. The molecule has 1 atom stereocenters. The molecule has 0 aliphatic carbocycles. The van der Waals surface area contributed by atoms with Gasteiger partial charge in [0.2, 0.25) is 0 Å². The highest BCUT2D eigenvalue weighted by molar-refractivity contribution is 9.10. The summed E-state index contributed by atoms with van der Waals surface area (Å²) in [5, 5.41) is 0. The van der Waals surface area contributed by atoms with Gasteiger partial charge in [-0.2, -0.15) is 0 Å². The number of halogens is 3. The Bertz CT molecular complexity index is 771. The molecule has 0 aliphatic heterocycles. The molecule has 0 saturated heterocycles. The summed E-state index contributed by atoms with van der Waals surface area (Å²) in [6, 6.07) is 9.39. The molecular weight excluding hydrogens is 386 g/mol. The van der Waals surface area contributed by atoms with Crippen LogP contribution in [0.1, 0.15) is 17.3 Å². The molecule has 0 bridgehead atoms. The Hall–Kier alpha value is -2.48. The van der Waals surface area contributed by atoms with E-state index in [0.29, 0.717) is 11.8 Å². The van der Waals surface area contributed by atoms with Crippen LogP contribution in [0.4, 0.5) is 8.78 Å². The molecule has 2 aromatic rings. The van der Waals surface area contributed by atoms with Gasteiger partial charge in [0.25, 0.3) is 11.8 Å². The number of ether oxygens (including phenoxy) is 1. The molecule has 0 spiro atoms. The van der Waals surface area contributed by atoms with Gasteiger partial charge in [-0.15, -0.1) is 0 Å². The first-order valence-electron chi connectivity index (χ1n) is 6.84. The van der Waals surface area contributed by atoms with Crippen LogP contribution >= 0.6 is 15.9 Å². The molecule has 5 nitrogen and oxygen atoms in total. The van der Waals surface area contributed by atoms with Crippen LogP contribution in [0.3, 0.4) is 0 Å². The SMILES string of the molecule is C[C@@H](Oc1cccc(Br)c1)C(=O)NNC(=O)c1ccc(F)cc1F. The van der Waals surface area contributed by atoms with E-state index >= 15 is 0 Å².